The van der Waals surface area contributed by atoms with Crippen LogP contribution in [0.3, 0.4) is 0 Å². The van der Waals surface area contributed by atoms with Crippen LogP contribution in [0.25, 0.3) is 11.5 Å². The summed E-state index contributed by atoms with van der Waals surface area (Å²) in [6.45, 7) is 1.68. The van der Waals surface area contributed by atoms with Gasteiger partial charge in [0.05, 0.1) is 12.2 Å². The first-order chi connectivity index (χ1) is 14.3. The summed E-state index contributed by atoms with van der Waals surface area (Å²) in [7, 11) is 2.02. The van der Waals surface area contributed by atoms with Gasteiger partial charge in [-0.3, -0.25) is 9.88 Å². The van der Waals surface area contributed by atoms with Gasteiger partial charge in [0.2, 0.25) is 11.8 Å². The first-order valence-corrected chi connectivity index (χ1v) is 9.45. The Labute approximate surface area is 169 Å². The molecule has 6 nitrogen and oxygen atoms in total. The summed E-state index contributed by atoms with van der Waals surface area (Å²) in [5.41, 5.74) is 2.91. The molecule has 4 aromatic rings. The zero-order valence-electron chi connectivity index (χ0n) is 16.2. The van der Waals surface area contributed by atoms with Gasteiger partial charge in [-0.05, 0) is 37.4 Å². The summed E-state index contributed by atoms with van der Waals surface area (Å²) in [5.74, 6) is 1.96. The van der Waals surface area contributed by atoms with E-state index in [4.69, 9.17) is 9.15 Å². The summed E-state index contributed by atoms with van der Waals surface area (Å²) in [4.78, 5) is 6.42. The molecule has 2 aromatic carbocycles. The second kappa shape index (κ2) is 9.12. The highest BCUT2D eigenvalue weighted by Crippen LogP contribution is 2.22. The van der Waals surface area contributed by atoms with E-state index in [1.807, 2.05) is 73.8 Å². The molecular formula is C23H22N4O2. The van der Waals surface area contributed by atoms with Gasteiger partial charge >= 0.3 is 0 Å². The smallest absolute Gasteiger partial charge is 0.247 e. The highest BCUT2D eigenvalue weighted by atomic mass is 16.5. The van der Waals surface area contributed by atoms with Gasteiger partial charge in [0.1, 0.15) is 12.4 Å². The molecule has 146 valence electrons. The van der Waals surface area contributed by atoms with Crippen LogP contribution in [0.1, 0.15) is 17.1 Å². The summed E-state index contributed by atoms with van der Waals surface area (Å²) in [6.07, 6.45) is 1.77. The quantitative estimate of drug-likeness (QED) is 0.449. The molecule has 0 saturated carbocycles. The van der Waals surface area contributed by atoms with E-state index in [0.29, 0.717) is 31.5 Å². The molecule has 0 aliphatic rings. The van der Waals surface area contributed by atoms with Crippen molar-refractivity contribution in [3.05, 3.63) is 96.1 Å². The lowest BCUT2D eigenvalue weighted by atomic mass is 10.2. The number of hydrogen-bond donors (Lipinski definition) is 0. The largest absolute Gasteiger partial charge is 0.487 e. The Morgan fingerprint density at radius 3 is 2.48 bits per heavy atom. The van der Waals surface area contributed by atoms with Crippen LogP contribution in [0.2, 0.25) is 0 Å². The predicted octanol–water partition coefficient (Wildman–Crippen LogP) is 4.34. The summed E-state index contributed by atoms with van der Waals surface area (Å²) >= 11 is 0. The molecular weight excluding hydrogens is 364 g/mol. The van der Waals surface area contributed by atoms with E-state index in [-0.39, 0.29) is 0 Å². The number of ether oxygens (including phenoxy) is 1. The van der Waals surface area contributed by atoms with Crippen molar-refractivity contribution < 1.29 is 9.15 Å². The number of benzene rings is 2. The van der Waals surface area contributed by atoms with Crippen molar-refractivity contribution in [2.75, 3.05) is 7.05 Å². The normalized spacial score (nSPS) is 11.0. The minimum atomic E-state index is 0.436. The van der Waals surface area contributed by atoms with Crippen molar-refractivity contribution in [2.45, 2.75) is 19.7 Å². The maximum absolute atomic E-state index is 6.00. The lowest BCUT2D eigenvalue weighted by Gasteiger charge is -2.17. The summed E-state index contributed by atoms with van der Waals surface area (Å²) in [6, 6.07) is 23.6. The second-order valence-electron chi connectivity index (χ2n) is 6.76. The minimum absolute atomic E-state index is 0.436. The van der Waals surface area contributed by atoms with Crippen LogP contribution < -0.4 is 4.74 Å². The Kier molecular flexibility index (Phi) is 5.92. The average Bonchev–Trinajstić information content (AvgIpc) is 3.23. The minimum Gasteiger partial charge on any atom is -0.487 e. The Bertz CT molecular complexity index is 1030. The van der Waals surface area contributed by atoms with Gasteiger partial charge in [-0.15, -0.1) is 10.2 Å². The number of nitrogens with zero attached hydrogens (tertiary/aromatic N) is 4. The van der Waals surface area contributed by atoms with Crippen LogP contribution in [-0.4, -0.2) is 27.1 Å². The first kappa shape index (κ1) is 18.8. The fraction of sp³-hybridized carbons (Fsp3) is 0.174. The lowest BCUT2D eigenvalue weighted by Crippen LogP contribution is -2.18. The van der Waals surface area contributed by atoms with Crippen LogP contribution in [0, 0.1) is 0 Å². The molecule has 0 radical (unpaired) electrons. The van der Waals surface area contributed by atoms with Crippen LogP contribution in [0.5, 0.6) is 5.75 Å². The Morgan fingerprint density at radius 1 is 0.862 bits per heavy atom. The topological polar surface area (TPSA) is 64.3 Å². The van der Waals surface area contributed by atoms with Crippen molar-refractivity contribution in [3.8, 4) is 17.2 Å². The van der Waals surface area contributed by atoms with Crippen LogP contribution >= 0.6 is 0 Å². The number of rotatable bonds is 8. The van der Waals surface area contributed by atoms with Crippen molar-refractivity contribution in [3.63, 3.8) is 0 Å². The first-order valence-electron chi connectivity index (χ1n) is 9.45. The molecule has 4 rings (SSSR count). The number of para-hydroxylation sites is 1. The third-order valence-corrected chi connectivity index (χ3v) is 4.41. The van der Waals surface area contributed by atoms with E-state index in [1.165, 1.54) is 0 Å². The van der Waals surface area contributed by atoms with Gasteiger partial charge in [-0.1, -0.05) is 42.5 Å². The Hall–Kier alpha value is -3.51. The van der Waals surface area contributed by atoms with Gasteiger partial charge in [-0.2, -0.15) is 0 Å². The van der Waals surface area contributed by atoms with Gasteiger partial charge in [-0.25, -0.2) is 0 Å². The molecule has 6 heteroatoms. The van der Waals surface area contributed by atoms with Crippen molar-refractivity contribution in [1.29, 1.82) is 0 Å². The van der Waals surface area contributed by atoms with E-state index in [0.717, 1.165) is 22.6 Å². The molecule has 0 aliphatic carbocycles. The van der Waals surface area contributed by atoms with Gasteiger partial charge in [0.15, 0.2) is 0 Å². The zero-order chi connectivity index (χ0) is 19.9. The van der Waals surface area contributed by atoms with Gasteiger partial charge in [0, 0.05) is 23.9 Å². The molecule has 2 heterocycles. The summed E-state index contributed by atoms with van der Waals surface area (Å²) < 4.78 is 11.8. The Balaban J connectivity index is 1.39. The van der Waals surface area contributed by atoms with E-state index in [1.54, 1.807) is 6.20 Å². The van der Waals surface area contributed by atoms with Crippen LogP contribution in [0.4, 0.5) is 0 Å². The van der Waals surface area contributed by atoms with Gasteiger partial charge in [0.25, 0.3) is 0 Å². The van der Waals surface area contributed by atoms with E-state index in [9.17, 15) is 0 Å². The van der Waals surface area contributed by atoms with Gasteiger partial charge < -0.3 is 9.15 Å². The maximum atomic E-state index is 6.00. The van der Waals surface area contributed by atoms with Crippen molar-refractivity contribution in [2.24, 2.45) is 0 Å². The molecule has 0 amide bonds. The lowest BCUT2D eigenvalue weighted by molar-refractivity contribution is 0.264. The van der Waals surface area contributed by atoms with E-state index < -0.39 is 0 Å². The SMILES string of the molecule is CN(Cc1nnc(-c2ccccc2)o1)Cc1ccccc1OCc1ccccn1. The van der Waals surface area contributed by atoms with Crippen LogP contribution in [-0.2, 0) is 19.7 Å². The molecule has 0 spiro atoms. The zero-order valence-corrected chi connectivity index (χ0v) is 16.2. The average molecular weight is 386 g/mol. The molecule has 0 bridgehead atoms. The number of hydrogen-bond acceptors (Lipinski definition) is 6. The van der Waals surface area contributed by atoms with Crippen molar-refractivity contribution >= 4 is 0 Å². The third kappa shape index (κ3) is 5.06. The van der Waals surface area contributed by atoms with Crippen molar-refractivity contribution in [1.82, 2.24) is 20.1 Å². The maximum Gasteiger partial charge on any atom is 0.247 e. The molecule has 0 aliphatic heterocycles. The Morgan fingerprint density at radius 2 is 1.66 bits per heavy atom. The summed E-state index contributed by atoms with van der Waals surface area (Å²) in [5, 5.41) is 8.33. The fourth-order valence-electron chi connectivity index (χ4n) is 3.00. The molecule has 29 heavy (non-hydrogen) atoms. The number of aromatic nitrogens is 3. The highest BCUT2D eigenvalue weighted by Gasteiger charge is 2.12. The molecule has 0 unspecified atom stereocenters. The van der Waals surface area contributed by atoms with Crippen LogP contribution in [0.15, 0.2) is 83.4 Å². The standard InChI is InChI=1S/C23H22N4O2/c1-27(16-22-25-26-23(29-22)18-9-3-2-4-10-18)15-19-11-5-6-13-21(19)28-17-20-12-7-8-14-24-20/h2-14H,15-17H2,1H3. The molecule has 0 N–H and O–H groups in total. The second-order valence-corrected chi connectivity index (χ2v) is 6.76. The molecule has 0 atom stereocenters. The van der Waals surface area contributed by atoms with E-state index in [2.05, 4.69) is 26.1 Å². The highest BCUT2D eigenvalue weighted by molar-refractivity contribution is 5.51. The molecule has 0 fully saturated rings. The number of pyridine rings is 1. The molecule has 0 saturated heterocycles. The fourth-order valence-corrected chi connectivity index (χ4v) is 3.00. The third-order valence-electron chi connectivity index (χ3n) is 4.41. The molecule has 2 aromatic heterocycles. The predicted molar refractivity (Wildman–Crippen MR) is 110 cm³/mol. The monoisotopic (exact) mass is 386 g/mol. The van der Waals surface area contributed by atoms with E-state index >= 15 is 0 Å².